The van der Waals surface area contributed by atoms with E-state index in [2.05, 4.69) is 19.1 Å². The molecule has 0 fully saturated rings. The minimum absolute atomic E-state index is 0.0231. The van der Waals surface area contributed by atoms with Gasteiger partial charge < -0.3 is 0 Å². The average Bonchev–Trinajstić information content (AvgIpc) is 2.54. The number of unbranched alkanes of at least 4 members (excludes halogenated alkanes) is 11. The SMILES string of the molecule is CCCCCCCC/C=C\CCCCCCCC(CC)[P+](=O)O. The zero-order valence-electron chi connectivity index (χ0n) is 15.6. The van der Waals surface area contributed by atoms with Crippen LogP contribution in [-0.4, -0.2) is 10.6 Å². The molecule has 3 heteroatoms. The molecule has 1 N–H and O–H groups in total. The van der Waals surface area contributed by atoms with Gasteiger partial charge in [0.1, 0.15) is 0 Å². The van der Waals surface area contributed by atoms with Crippen LogP contribution >= 0.6 is 8.03 Å². The largest absolute Gasteiger partial charge is 0.508 e. The highest BCUT2D eigenvalue weighted by Crippen LogP contribution is 2.29. The van der Waals surface area contributed by atoms with E-state index in [0.717, 1.165) is 19.3 Å². The van der Waals surface area contributed by atoms with Gasteiger partial charge in [-0.25, -0.2) is 0 Å². The standard InChI is InChI=1S/C20H39O2P/c1-3-5-6-7-8-9-10-11-12-13-14-15-16-17-18-19-20(4-2)23(21)22/h11-12,20H,3-10,13-19H2,1-2H3/p+1/b12-11-. The molecule has 0 aliphatic heterocycles. The van der Waals surface area contributed by atoms with Gasteiger partial charge >= 0.3 is 8.03 Å². The van der Waals surface area contributed by atoms with E-state index in [4.69, 9.17) is 4.89 Å². The first-order chi connectivity index (χ1) is 11.2. The van der Waals surface area contributed by atoms with Gasteiger partial charge in [0, 0.05) is 0 Å². The molecule has 23 heavy (non-hydrogen) atoms. The first-order valence-corrected chi connectivity index (χ1v) is 11.3. The van der Waals surface area contributed by atoms with E-state index < -0.39 is 8.03 Å². The zero-order chi connectivity index (χ0) is 17.2. The highest BCUT2D eigenvalue weighted by Gasteiger charge is 2.25. The Kier molecular flexibility index (Phi) is 18.0. The maximum Gasteiger partial charge on any atom is 0.508 e. The molecule has 2 atom stereocenters. The van der Waals surface area contributed by atoms with Crippen molar-refractivity contribution in [2.75, 3.05) is 0 Å². The third-order valence-corrected chi connectivity index (χ3v) is 5.83. The molecule has 0 radical (unpaired) electrons. The van der Waals surface area contributed by atoms with Gasteiger partial charge in [0.15, 0.2) is 5.66 Å². The first-order valence-electron chi connectivity index (χ1n) is 10.0. The van der Waals surface area contributed by atoms with Crippen LogP contribution in [0.3, 0.4) is 0 Å². The molecule has 0 aromatic heterocycles. The first kappa shape index (κ1) is 22.8. The summed E-state index contributed by atoms with van der Waals surface area (Å²) in [5.74, 6) is 0. The Balaban J connectivity index is 3.23. The number of allylic oxidation sites excluding steroid dienone is 2. The average molecular weight is 344 g/mol. The summed E-state index contributed by atoms with van der Waals surface area (Å²) in [5.41, 5.74) is 0.0231. The maximum atomic E-state index is 11.0. The third kappa shape index (κ3) is 16.4. The number of hydrogen-bond acceptors (Lipinski definition) is 1. The molecule has 2 nitrogen and oxygen atoms in total. The predicted octanol–water partition coefficient (Wildman–Crippen LogP) is 7.54. The molecule has 2 unspecified atom stereocenters. The lowest BCUT2D eigenvalue weighted by Gasteiger charge is -2.02. The van der Waals surface area contributed by atoms with E-state index in [1.165, 1.54) is 77.0 Å². The van der Waals surface area contributed by atoms with E-state index in [-0.39, 0.29) is 5.66 Å². The Hall–Kier alpha value is -0.200. The lowest BCUT2D eigenvalue weighted by molar-refractivity contribution is 0.473. The second kappa shape index (κ2) is 18.1. The zero-order valence-corrected chi connectivity index (χ0v) is 16.5. The highest BCUT2D eigenvalue weighted by atomic mass is 31.1. The van der Waals surface area contributed by atoms with Crippen molar-refractivity contribution in [1.82, 2.24) is 0 Å². The summed E-state index contributed by atoms with van der Waals surface area (Å²) in [6.45, 7) is 4.27. The van der Waals surface area contributed by atoms with Crippen molar-refractivity contribution in [2.45, 2.75) is 116 Å². The summed E-state index contributed by atoms with van der Waals surface area (Å²) in [6.07, 6.45) is 23.4. The molecule has 0 spiro atoms. The van der Waals surface area contributed by atoms with Crippen molar-refractivity contribution in [2.24, 2.45) is 0 Å². The minimum atomic E-state index is -1.97. The van der Waals surface area contributed by atoms with Crippen LogP contribution in [0.4, 0.5) is 0 Å². The smallest absolute Gasteiger partial charge is 0.161 e. The third-order valence-electron chi connectivity index (χ3n) is 4.58. The number of rotatable bonds is 17. The second-order valence-electron chi connectivity index (χ2n) is 6.74. The predicted molar refractivity (Wildman–Crippen MR) is 103 cm³/mol. The Bertz CT molecular complexity index is 289. The van der Waals surface area contributed by atoms with Crippen molar-refractivity contribution in [3.05, 3.63) is 12.2 Å². The molecule has 0 bridgehead atoms. The van der Waals surface area contributed by atoms with Crippen LogP contribution in [0.5, 0.6) is 0 Å². The van der Waals surface area contributed by atoms with E-state index in [1.807, 2.05) is 6.92 Å². The maximum absolute atomic E-state index is 11.0. The molecular weight excluding hydrogens is 303 g/mol. The van der Waals surface area contributed by atoms with Gasteiger partial charge in [-0.3, -0.25) is 0 Å². The topological polar surface area (TPSA) is 37.3 Å². The van der Waals surface area contributed by atoms with Crippen LogP contribution in [0.2, 0.25) is 0 Å². The summed E-state index contributed by atoms with van der Waals surface area (Å²) in [7, 11) is -1.97. The van der Waals surface area contributed by atoms with E-state index in [1.54, 1.807) is 0 Å². The number of hydrogen-bond donors (Lipinski definition) is 1. The summed E-state index contributed by atoms with van der Waals surface area (Å²) in [4.78, 5) is 9.13. The lowest BCUT2D eigenvalue weighted by atomic mass is 10.1. The monoisotopic (exact) mass is 343 g/mol. The van der Waals surface area contributed by atoms with E-state index in [0.29, 0.717) is 0 Å². The van der Waals surface area contributed by atoms with Crippen molar-refractivity contribution in [3.63, 3.8) is 0 Å². The van der Waals surface area contributed by atoms with E-state index >= 15 is 0 Å². The lowest BCUT2D eigenvalue weighted by Crippen LogP contribution is -1.99. The van der Waals surface area contributed by atoms with Crippen LogP contribution in [-0.2, 0) is 4.57 Å². The molecule has 0 aromatic rings. The van der Waals surface area contributed by atoms with Crippen LogP contribution in [0, 0.1) is 0 Å². The molecule has 0 aliphatic rings. The van der Waals surface area contributed by atoms with Crippen LogP contribution in [0.15, 0.2) is 12.2 Å². The van der Waals surface area contributed by atoms with Crippen LogP contribution < -0.4 is 0 Å². The Morgan fingerprint density at radius 3 is 1.74 bits per heavy atom. The summed E-state index contributed by atoms with van der Waals surface area (Å²) < 4.78 is 11.0. The summed E-state index contributed by atoms with van der Waals surface area (Å²) in [6, 6.07) is 0. The van der Waals surface area contributed by atoms with Crippen molar-refractivity contribution < 1.29 is 9.46 Å². The fourth-order valence-electron chi connectivity index (χ4n) is 2.92. The van der Waals surface area contributed by atoms with Crippen LogP contribution in [0.25, 0.3) is 0 Å². The molecule has 0 rings (SSSR count). The molecule has 0 saturated carbocycles. The van der Waals surface area contributed by atoms with Crippen molar-refractivity contribution >= 4 is 8.03 Å². The second-order valence-corrected chi connectivity index (χ2v) is 8.07. The summed E-state index contributed by atoms with van der Waals surface area (Å²) in [5, 5.41) is 0. The molecule has 0 amide bonds. The molecule has 0 aromatic carbocycles. The molecular formula is C20H40O2P+. The highest BCUT2D eigenvalue weighted by molar-refractivity contribution is 7.38. The van der Waals surface area contributed by atoms with Gasteiger partial charge in [-0.2, -0.15) is 4.89 Å². The van der Waals surface area contributed by atoms with Gasteiger partial charge in [-0.05, 0) is 49.5 Å². The fourth-order valence-corrected chi connectivity index (χ4v) is 3.64. The van der Waals surface area contributed by atoms with E-state index in [9.17, 15) is 4.57 Å². The van der Waals surface area contributed by atoms with Gasteiger partial charge in [0.05, 0.1) is 0 Å². The minimum Gasteiger partial charge on any atom is -0.161 e. The molecule has 0 saturated heterocycles. The van der Waals surface area contributed by atoms with Crippen LogP contribution in [0.1, 0.15) is 110 Å². The van der Waals surface area contributed by atoms with Gasteiger partial charge in [0.25, 0.3) is 0 Å². The molecule has 0 heterocycles. The quantitative estimate of drug-likeness (QED) is 0.168. The molecule has 0 aliphatic carbocycles. The fraction of sp³-hybridized carbons (Fsp3) is 0.900. The van der Waals surface area contributed by atoms with Gasteiger partial charge in [-0.1, -0.05) is 77.4 Å². The van der Waals surface area contributed by atoms with Crippen molar-refractivity contribution in [3.8, 4) is 0 Å². The van der Waals surface area contributed by atoms with Gasteiger partial charge in [0.2, 0.25) is 0 Å². The normalized spacial score (nSPS) is 13.6. The molecule has 136 valence electrons. The Morgan fingerprint density at radius 2 is 1.26 bits per heavy atom. The van der Waals surface area contributed by atoms with Crippen molar-refractivity contribution in [1.29, 1.82) is 0 Å². The van der Waals surface area contributed by atoms with Gasteiger partial charge in [-0.15, -0.1) is 0 Å². The Labute approximate surface area is 146 Å². The summed E-state index contributed by atoms with van der Waals surface area (Å²) >= 11 is 0. The Morgan fingerprint density at radius 1 is 0.783 bits per heavy atom.